The summed E-state index contributed by atoms with van der Waals surface area (Å²) in [6, 6.07) is 12.8. The molecule has 1 aromatic heterocycles. The fourth-order valence-electron chi connectivity index (χ4n) is 4.79. The van der Waals surface area contributed by atoms with Crippen molar-refractivity contribution < 1.29 is 9.59 Å². The molecule has 2 aliphatic rings. The molecular weight excluding hydrogens is 376 g/mol. The fraction of sp³-hybridized carbons (Fsp3) is 0.500. The number of fused-ring (bicyclic) bond motifs is 1. The van der Waals surface area contributed by atoms with Crippen LogP contribution in [-0.2, 0) is 29.6 Å². The molecule has 30 heavy (non-hydrogen) atoms. The summed E-state index contributed by atoms with van der Waals surface area (Å²) >= 11 is 0. The summed E-state index contributed by atoms with van der Waals surface area (Å²) in [5.74, 6) is -1.03. The normalized spacial score (nSPS) is 18.4. The molecule has 2 N–H and O–H groups in total. The monoisotopic (exact) mass is 408 g/mol. The predicted molar refractivity (Wildman–Crippen MR) is 117 cm³/mol. The molecule has 1 saturated carbocycles. The van der Waals surface area contributed by atoms with E-state index in [9.17, 15) is 9.59 Å². The number of rotatable bonds is 5. The largest absolute Gasteiger partial charge is 0.353 e. The van der Waals surface area contributed by atoms with Crippen LogP contribution in [0.4, 0.5) is 0 Å². The highest BCUT2D eigenvalue weighted by Crippen LogP contribution is 2.27. The Balaban J connectivity index is 1.42. The van der Waals surface area contributed by atoms with Gasteiger partial charge in [-0.1, -0.05) is 43.5 Å². The van der Waals surface area contributed by atoms with Crippen LogP contribution in [-0.4, -0.2) is 40.4 Å². The molecule has 6 heteroatoms. The number of carbonyl (C=O) groups excluding carboxylic acids is 2. The van der Waals surface area contributed by atoms with Gasteiger partial charge in [-0.25, -0.2) is 0 Å². The summed E-state index contributed by atoms with van der Waals surface area (Å²) in [7, 11) is 2.03. The Morgan fingerprint density at radius 1 is 1.03 bits per heavy atom. The van der Waals surface area contributed by atoms with Crippen LogP contribution in [0, 0.1) is 0 Å². The summed E-state index contributed by atoms with van der Waals surface area (Å²) in [4.78, 5) is 27.3. The zero-order valence-corrected chi connectivity index (χ0v) is 17.8. The van der Waals surface area contributed by atoms with Crippen molar-refractivity contribution in [3.63, 3.8) is 0 Å². The van der Waals surface area contributed by atoms with Crippen molar-refractivity contribution in [3.05, 3.63) is 59.4 Å². The highest BCUT2D eigenvalue weighted by molar-refractivity contribution is 6.35. The molecule has 1 fully saturated rings. The molecule has 0 saturated heterocycles. The molecule has 1 unspecified atom stereocenters. The molecule has 0 radical (unpaired) electrons. The van der Waals surface area contributed by atoms with Gasteiger partial charge in [0.15, 0.2) is 0 Å². The van der Waals surface area contributed by atoms with Crippen LogP contribution in [0.1, 0.15) is 55.0 Å². The first kappa shape index (κ1) is 20.7. The Hall–Kier alpha value is -2.60. The first-order valence-corrected chi connectivity index (χ1v) is 11.1. The fourth-order valence-corrected chi connectivity index (χ4v) is 4.79. The Kier molecular flexibility index (Phi) is 6.53. The van der Waals surface area contributed by atoms with Crippen molar-refractivity contribution >= 4 is 11.8 Å². The summed E-state index contributed by atoms with van der Waals surface area (Å²) in [6.07, 6.45) is 8.43. The van der Waals surface area contributed by atoms with E-state index < -0.39 is 11.8 Å². The molecule has 6 nitrogen and oxygen atoms in total. The van der Waals surface area contributed by atoms with E-state index in [1.807, 2.05) is 19.3 Å². The lowest BCUT2D eigenvalue weighted by Crippen LogP contribution is -2.48. The maximum Gasteiger partial charge on any atom is 0.309 e. The Labute approximate surface area is 178 Å². The average molecular weight is 409 g/mol. The maximum absolute atomic E-state index is 12.5. The summed E-state index contributed by atoms with van der Waals surface area (Å²) in [6.45, 7) is 2.18. The molecule has 1 aliphatic carbocycles. The second kappa shape index (κ2) is 9.47. The molecular formula is C24H32N4O2. The van der Waals surface area contributed by atoms with Gasteiger partial charge in [-0.15, -0.1) is 0 Å². The van der Waals surface area contributed by atoms with Gasteiger partial charge in [0.25, 0.3) is 0 Å². The molecule has 2 heterocycles. The average Bonchev–Trinajstić information content (AvgIpc) is 3.20. The Bertz CT molecular complexity index is 885. The van der Waals surface area contributed by atoms with E-state index in [4.69, 9.17) is 0 Å². The Morgan fingerprint density at radius 2 is 1.80 bits per heavy atom. The molecule has 0 spiro atoms. The Morgan fingerprint density at radius 3 is 2.53 bits per heavy atom. The third-order valence-corrected chi connectivity index (χ3v) is 6.53. The van der Waals surface area contributed by atoms with Gasteiger partial charge < -0.3 is 15.2 Å². The second-order valence-corrected chi connectivity index (χ2v) is 8.57. The molecule has 1 aliphatic heterocycles. The van der Waals surface area contributed by atoms with Crippen molar-refractivity contribution in [1.29, 1.82) is 0 Å². The third-order valence-electron chi connectivity index (χ3n) is 6.53. The smallest absolute Gasteiger partial charge is 0.309 e. The van der Waals surface area contributed by atoms with Gasteiger partial charge in [-0.05, 0) is 42.5 Å². The number of nitrogens with one attached hydrogen (secondary N) is 2. The van der Waals surface area contributed by atoms with Crippen LogP contribution in [0.5, 0.6) is 0 Å². The number of nitrogens with zero attached hydrogens (tertiary/aromatic N) is 2. The maximum atomic E-state index is 12.5. The van der Waals surface area contributed by atoms with E-state index in [0.717, 1.165) is 50.9 Å². The third kappa shape index (κ3) is 4.75. The van der Waals surface area contributed by atoms with E-state index in [-0.39, 0.29) is 12.1 Å². The standard InChI is InChI=1S/C24H32N4O2/c1-27-14-7-12-21(27)22(28-15-13-18-8-5-6-9-19(18)17-28)16-25-23(29)24(30)26-20-10-3-2-4-11-20/h5-9,12,14,20,22H,2-4,10-11,13,15-17H2,1H3,(H,25,29)(H,26,30). The topological polar surface area (TPSA) is 66.4 Å². The molecule has 2 aromatic rings. The number of benzene rings is 1. The second-order valence-electron chi connectivity index (χ2n) is 8.57. The quantitative estimate of drug-likeness (QED) is 0.748. The minimum Gasteiger partial charge on any atom is -0.353 e. The summed E-state index contributed by atoms with van der Waals surface area (Å²) in [5.41, 5.74) is 3.88. The van der Waals surface area contributed by atoms with Crippen LogP contribution in [0.25, 0.3) is 0 Å². The number of hydrogen-bond donors (Lipinski definition) is 2. The molecule has 2 amide bonds. The van der Waals surface area contributed by atoms with E-state index in [2.05, 4.69) is 50.4 Å². The molecule has 160 valence electrons. The molecule has 4 rings (SSSR count). The van der Waals surface area contributed by atoms with Gasteiger partial charge >= 0.3 is 11.8 Å². The zero-order chi connectivity index (χ0) is 20.9. The number of aromatic nitrogens is 1. The van der Waals surface area contributed by atoms with Gasteiger partial charge in [-0.2, -0.15) is 0 Å². The van der Waals surface area contributed by atoms with Crippen LogP contribution < -0.4 is 10.6 Å². The highest BCUT2D eigenvalue weighted by Gasteiger charge is 2.28. The van der Waals surface area contributed by atoms with Gasteiger partial charge in [0.2, 0.25) is 0 Å². The van der Waals surface area contributed by atoms with E-state index in [1.54, 1.807) is 0 Å². The number of carbonyl (C=O) groups is 2. The zero-order valence-electron chi connectivity index (χ0n) is 17.8. The molecule has 1 aromatic carbocycles. The van der Waals surface area contributed by atoms with Crippen molar-refractivity contribution in [2.75, 3.05) is 13.1 Å². The first-order chi connectivity index (χ1) is 14.6. The molecule has 1 atom stereocenters. The van der Waals surface area contributed by atoms with E-state index in [0.29, 0.717) is 6.54 Å². The van der Waals surface area contributed by atoms with Crippen LogP contribution in [0.2, 0.25) is 0 Å². The lowest BCUT2D eigenvalue weighted by Gasteiger charge is -2.36. The van der Waals surface area contributed by atoms with E-state index >= 15 is 0 Å². The minimum atomic E-state index is -0.530. The minimum absolute atomic E-state index is 0.0183. The number of hydrogen-bond acceptors (Lipinski definition) is 3. The van der Waals surface area contributed by atoms with E-state index in [1.165, 1.54) is 17.5 Å². The van der Waals surface area contributed by atoms with Crippen LogP contribution in [0.3, 0.4) is 0 Å². The van der Waals surface area contributed by atoms with Gasteiger partial charge in [0.1, 0.15) is 0 Å². The van der Waals surface area contributed by atoms with Gasteiger partial charge in [0, 0.05) is 44.6 Å². The van der Waals surface area contributed by atoms with Gasteiger partial charge in [0.05, 0.1) is 6.04 Å². The number of aryl methyl sites for hydroxylation is 1. The number of amides is 2. The van der Waals surface area contributed by atoms with Crippen molar-refractivity contribution in [2.24, 2.45) is 7.05 Å². The van der Waals surface area contributed by atoms with Crippen molar-refractivity contribution in [3.8, 4) is 0 Å². The lowest BCUT2D eigenvalue weighted by molar-refractivity contribution is -0.139. The summed E-state index contributed by atoms with van der Waals surface area (Å²) < 4.78 is 2.10. The summed E-state index contributed by atoms with van der Waals surface area (Å²) in [5, 5.41) is 5.81. The molecule has 0 bridgehead atoms. The van der Waals surface area contributed by atoms with Crippen molar-refractivity contribution in [2.45, 2.75) is 57.2 Å². The lowest BCUT2D eigenvalue weighted by atomic mass is 9.95. The highest BCUT2D eigenvalue weighted by atomic mass is 16.2. The van der Waals surface area contributed by atoms with Gasteiger partial charge in [-0.3, -0.25) is 14.5 Å². The van der Waals surface area contributed by atoms with Crippen LogP contribution in [0.15, 0.2) is 42.6 Å². The van der Waals surface area contributed by atoms with Crippen LogP contribution >= 0.6 is 0 Å². The predicted octanol–water partition coefficient (Wildman–Crippen LogP) is 2.69. The SMILES string of the molecule is Cn1cccc1C(CNC(=O)C(=O)NC1CCCCC1)N1CCc2ccccc2C1. The first-order valence-electron chi connectivity index (χ1n) is 11.1. The van der Waals surface area contributed by atoms with Crippen molar-refractivity contribution in [1.82, 2.24) is 20.1 Å².